The molecule has 2 aromatic heterocycles. The molecule has 1 saturated carbocycles. The zero-order valence-corrected chi connectivity index (χ0v) is 17.9. The standard InChI is InChI=1S/C26H23F3N2O2/c1-17(25(20-7-8-20)21-4-3-13-30-14-21)18(2)32-16-19-5-10-23(11-6-19)33-24-12-9-22(15-31-24)26(27,28)29/h3-6,9-15,20,25H,1-2,7-8,16H2. The topological polar surface area (TPSA) is 44.2 Å². The monoisotopic (exact) mass is 452 g/mol. The van der Waals surface area contributed by atoms with E-state index in [0.717, 1.165) is 41.8 Å². The number of allylic oxidation sites excluding steroid dienone is 1. The van der Waals surface area contributed by atoms with Crippen molar-refractivity contribution in [3.8, 4) is 11.6 Å². The maximum Gasteiger partial charge on any atom is 0.417 e. The second-order valence-electron chi connectivity index (χ2n) is 7.97. The molecule has 0 amide bonds. The molecule has 0 bridgehead atoms. The summed E-state index contributed by atoms with van der Waals surface area (Å²) in [6.07, 6.45) is 2.24. The van der Waals surface area contributed by atoms with Crippen molar-refractivity contribution in [1.82, 2.24) is 9.97 Å². The fourth-order valence-electron chi connectivity index (χ4n) is 3.57. The average molecular weight is 452 g/mol. The van der Waals surface area contributed by atoms with Gasteiger partial charge in [0.15, 0.2) is 0 Å². The van der Waals surface area contributed by atoms with E-state index in [-0.39, 0.29) is 11.8 Å². The Morgan fingerprint density at radius 3 is 2.36 bits per heavy atom. The Hall–Kier alpha value is -3.61. The van der Waals surface area contributed by atoms with Gasteiger partial charge in [-0.05, 0) is 59.7 Å². The van der Waals surface area contributed by atoms with E-state index in [4.69, 9.17) is 9.47 Å². The van der Waals surface area contributed by atoms with Crippen LogP contribution in [-0.2, 0) is 17.5 Å². The number of halogens is 3. The normalized spacial score (nSPS) is 14.4. The van der Waals surface area contributed by atoms with Gasteiger partial charge in [-0.25, -0.2) is 4.98 Å². The molecule has 4 rings (SSSR count). The van der Waals surface area contributed by atoms with Crippen LogP contribution in [0.15, 0.2) is 91.6 Å². The van der Waals surface area contributed by atoms with Crippen LogP contribution >= 0.6 is 0 Å². The van der Waals surface area contributed by atoms with Crippen LogP contribution in [0.1, 0.15) is 35.4 Å². The first-order valence-electron chi connectivity index (χ1n) is 10.5. The van der Waals surface area contributed by atoms with Crippen LogP contribution in [-0.4, -0.2) is 9.97 Å². The Balaban J connectivity index is 1.32. The number of nitrogens with zero attached hydrogens (tertiary/aromatic N) is 2. The Morgan fingerprint density at radius 1 is 1.03 bits per heavy atom. The lowest BCUT2D eigenvalue weighted by Gasteiger charge is -2.21. The highest BCUT2D eigenvalue weighted by Gasteiger charge is 2.35. The first kappa shape index (κ1) is 22.6. The van der Waals surface area contributed by atoms with Gasteiger partial charge in [0, 0.05) is 30.6 Å². The molecule has 0 radical (unpaired) electrons. The maximum absolute atomic E-state index is 12.6. The molecule has 33 heavy (non-hydrogen) atoms. The Bertz CT molecular complexity index is 1110. The molecule has 0 saturated heterocycles. The number of hydrogen-bond donors (Lipinski definition) is 0. The van der Waals surface area contributed by atoms with Crippen molar-refractivity contribution in [1.29, 1.82) is 0 Å². The Kier molecular flexibility index (Phi) is 6.49. The van der Waals surface area contributed by atoms with Crippen LogP contribution in [0.4, 0.5) is 13.2 Å². The number of alkyl halides is 3. The average Bonchev–Trinajstić information content (AvgIpc) is 3.64. The Morgan fingerprint density at radius 2 is 1.79 bits per heavy atom. The molecule has 7 heteroatoms. The quantitative estimate of drug-likeness (QED) is 0.257. The van der Waals surface area contributed by atoms with E-state index in [1.165, 1.54) is 6.07 Å². The van der Waals surface area contributed by atoms with Gasteiger partial charge >= 0.3 is 6.18 Å². The zero-order valence-electron chi connectivity index (χ0n) is 17.9. The third kappa shape index (κ3) is 5.80. The van der Waals surface area contributed by atoms with Crippen molar-refractivity contribution in [2.75, 3.05) is 0 Å². The minimum atomic E-state index is -4.43. The van der Waals surface area contributed by atoms with Crippen molar-refractivity contribution >= 4 is 0 Å². The molecule has 4 nitrogen and oxygen atoms in total. The fraction of sp³-hybridized carbons (Fsp3) is 0.231. The highest BCUT2D eigenvalue weighted by molar-refractivity contribution is 5.37. The van der Waals surface area contributed by atoms with E-state index < -0.39 is 11.7 Å². The number of ether oxygens (including phenoxy) is 2. The number of rotatable bonds is 9. The van der Waals surface area contributed by atoms with Crippen molar-refractivity contribution < 1.29 is 22.6 Å². The van der Waals surface area contributed by atoms with Gasteiger partial charge in [-0.2, -0.15) is 13.2 Å². The fourth-order valence-corrected chi connectivity index (χ4v) is 3.57. The smallest absolute Gasteiger partial charge is 0.417 e. The van der Waals surface area contributed by atoms with Gasteiger partial charge in [0.05, 0.1) is 5.56 Å². The second kappa shape index (κ2) is 9.48. The molecular weight excluding hydrogens is 429 g/mol. The zero-order chi connectivity index (χ0) is 23.4. The molecule has 170 valence electrons. The molecule has 1 unspecified atom stereocenters. The third-order valence-corrected chi connectivity index (χ3v) is 5.49. The molecular formula is C26H23F3N2O2. The van der Waals surface area contributed by atoms with Crippen molar-refractivity contribution in [2.45, 2.75) is 31.5 Å². The third-order valence-electron chi connectivity index (χ3n) is 5.49. The van der Waals surface area contributed by atoms with Gasteiger partial charge in [-0.3, -0.25) is 4.98 Å². The lowest BCUT2D eigenvalue weighted by Crippen LogP contribution is -2.08. The highest BCUT2D eigenvalue weighted by atomic mass is 19.4. The summed E-state index contributed by atoms with van der Waals surface area (Å²) in [4.78, 5) is 7.94. The second-order valence-corrected chi connectivity index (χ2v) is 7.97. The van der Waals surface area contributed by atoms with Crippen molar-refractivity contribution in [2.24, 2.45) is 5.92 Å². The minimum Gasteiger partial charge on any atom is -0.489 e. The predicted molar refractivity (Wildman–Crippen MR) is 119 cm³/mol. The van der Waals surface area contributed by atoms with Gasteiger partial charge in [0.25, 0.3) is 0 Å². The summed E-state index contributed by atoms with van der Waals surface area (Å²) in [6.45, 7) is 8.61. The first-order chi connectivity index (χ1) is 15.8. The molecule has 3 aromatic rings. The summed E-state index contributed by atoms with van der Waals surface area (Å²) in [5, 5.41) is 0. The van der Waals surface area contributed by atoms with E-state index in [1.54, 1.807) is 18.3 Å². The van der Waals surface area contributed by atoms with Gasteiger partial charge < -0.3 is 9.47 Å². The summed E-state index contributed by atoms with van der Waals surface area (Å²) in [5.41, 5.74) is 2.05. The van der Waals surface area contributed by atoms with E-state index in [0.29, 0.717) is 24.0 Å². The molecule has 1 fully saturated rings. The van der Waals surface area contributed by atoms with Gasteiger partial charge in [-0.15, -0.1) is 0 Å². The number of benzene rings is 1. The minimum absolute atomic E-state index is 0.0817. The molecule has 1 aliphatic carbocycles. The molecule has 0 aliphatic heterocycles. The van der Waals surface area contributed by atoms with E-state index in [2.05, 4.69) is 29.2 Å². The molecule has 0 spiro atoms. The summed E-state index contributed by atoms with van der Waals surface area (Å²) in [5.74, 6) is 1.78. The van der Waals surface area contributed by atoms with Crippen LogP contribution in [0.5, 0.6) is 11.6 Å². The van der Waals surface area contributed by atoms with Crippen molar-refractivity contribution in [3.05, 3.63) is 108 Å². The largest absolute Gasteiger partial charge is 0.489 e. The molecule has 1 atom stereocenters. The Labute approximate surface area is 190 Å². The summed E-state index contributed by atoms with van der Waals surface area (Å²) in [6, 6.07) is 13.1. The highest BCUT2D eigenvalue weighted by Crippen LogP contribution is 2.47. The molecule has 0 N–H and O–H groups in total. The first-order valence-corrected chi connectivity index (χ1v) is 10.5. The van der Waals surface area contributed by atoms with Crippen LogP contribution in [0, 0.1) is 5.92 Å². The number of aromatic nitrogens is 2. The van der Waals surface area contributed by atoms with Crippen LogP contribution in [0.3, 0.4) is 0 Å². The van der Waals surface area contributed by atoms with Crippen LogP contribution < -0.4 is 4.74 Å². The van der Waals surface area contributed by atoms with Gasteiger partial charge in [0.2, 0.25) is 5.88 Å². The lowest BCUT2D eigenvalue weighted by atomic mass is 9.88. The van der Waals surface area contributed by atoms with E-state index in [1.807, 2.05) is 24.4 Å². The van der Waals surface area contributed by atoms with E-state index >= 15 is 0 Å². The molecule has 2 heterocycles. The number of pyridine rings is 2. The SMILES string of the molecule is C=C(OCc1ccc(Oc2ccc(C(F)(F)F)cn2)cc1)C(=C)C(c1cccnc1)C1CC1. The summed E-state index contributed by atoms with van der Waals surface area (Å²) >= 11 is 0. The van der Waals surface area contributed by atoms with Gasteiger partial charge in [0.1, 0.15) is 18.1 Å². The predicted octanol–water partition coefficient (Wildman–Crippen LogP) is 7.07. The molecule has 1 aliphatic rings. The molecule has 1 aromatic carbocycles. The van der Waals surface area contributed by atoms with Crippen LogP contribution in [0.2, 0.25) is 0 Å². The summed E-state index contributed by atoms with van der Waals surface area (Å²) in [7, 11) is 0. The van der Waals surface area contributed by atoms with E-state index in [9.17, 15) is 13.2 Å². The maximum atomic E-state index is 12.6. The van der Waals surface area contributed by atoms with Gasteiger partial charge in [-0.1, -0.05) is 31.4 Å². The lowest BCUT2D eigenvalue weighted by molar-refractivity contribution is -0.137. The van der Waals surface area contributed by atoms with Crippen LogP contribution in [0.25, 0.3) is 0 Å². The number of hydrogen-bond acceptors (Lipinski definition) is 4. The van der Waals surface area contributed by atoms with Crippen molar-refractivity contribution in [3.63, 3.8) is 0 Å². The summed E-state index contributed by atoms with van der Waals surface area (Å²) < 4.78 is 49.3.